The summed E-state index contributed by atoms with van der Waals surface area (Å²) >= 11 is 0. The van der Waals surface area contributed by atoms with Crippen LogP contribution in [0.1, 0.15) is 12.8 Å². The van der Waals surface area contributed by atoms with Gasteiger partial charge in [-0.25, -0.2) is 13.2 Å². The number of sulfone groups is 1. The molecule has 2 rings (SSSR count). The van der Waals surface area contributed by atoms with Crippen LogP contribution in [-0.2, 0) is 19.3 Å². The van der Waals surface area contributed by atoms with E-state index in [2.05, 4.69) is 4.74 Å². The third-order valence-corrected chi connectivity index (χ3v) is 4.51. The first-order valence-corrected chi connectivity index (χ1v) is 7.34. The largest absolute Gasteiger partial charge is 0.508 e. The Morgan fingerprint density at radius 1 is 1.22 bits per heavy atom. The van der Waals surface area contributed by atoms with Gasteiger partial charge in [0.05, 0.1) is 10.6 Å². The Balaban J connectivity index is 1.85. The summed E-state index contributed by atoms with van der Waals surface area (Å²) in [5, 5.41) is 0. The minimum Gasteiger partial charge on any atom is -0.430 e. The van der Waals surface area contributed by atoms with E-state index in [9.17, 15) is 13.2 Å². The fourth-order valence-corrected chi connectivity index (χ4v) is 3.11. The van der Waals surface area contributed by atoms with E-state index in [1.165, 1.54) is 0 Å². The summed E-state index contributed by atoms with van der Waals surface area (Å²) in [5.74, 6) is 0.0467. The van der Waals surface area contributed by atoms with Gasteiger partial charge in [-0.2, -0.15) is 0 Å². The molecule has 1 heterocycles. The highest BCUT2D eigenvalue weighted by Gasteiger charge is 2.25. The molecule has 0 bridgehead atoms. The van der Waals surface area contributed by atoms with Gasteiger partial charge in [-0.1, -0.05) is 18.2 Å². The molecule has 5 nitrogen and oxygen atoms in total. The summed E-state index contributed by atoms with van der Waals surface area (Å²) in [7, 11) is -3.25. The quantitative estimate of drug-likeness (QED) is 0.763. The number of ether oxygens (including phenoxy) is 2. The van der Waals surface area contributed by atoms with Crippen LogP contribution in [0, 0.1) is 0 Å². The van der Waals surface area contributed by atoms with Crippen molar-refractivity contribution in [2.75, 3.05) is 12.4 Å². The molecule has 0 amide bonds. The highest BCUT2D eigenvalue weighted by molar-refractivity contribution is 7.91. The summed E-state index contributed by atoms with van der Waals surface area (Å²) in [6.07, 6.45) is -0.0505. The number of hydrogen-bond donors (Lipinski definition) is 0. The summed E-state index contributed by atoms with van der Waals surface area (Å²) in [5.41, 5.74) is 0. The van der Waals surface area contributed by atoms with Crippen LogP contribution in [0.25, 0.3) is 0 Å². The number of rotatable bonds is 5. The fourth-order valence-electron chi connectivity index (χ4n) is 1.75. The van der Waals surface area contributed by atoms with Crippen molar-refractivity contribution in [3.05, 3.63) is 30.3 Å². The van der Waals surface area contributed by atoms with Crippen LogP contribution in [0.15, 0.2) is 35.2 Å². The topological polar surface area (TPSA) is 69.7 Å². The number of benzene rings is 1. The molecule has 1 saturated heterocycles. The van der Waals surface area contributed by atoms with E-state index < -0.39 is 16.0 Å². The minimum absolute atomic E-state index is 0.0467. The zero-order valence-corrected chi connectivity index (χ0v) is 10.6. The summed E-state index contributed by atoms with van der Waals surface area (Å²) in [4.78, 5) is 11.0. The molecule has 0 N–H and O–H groups in total. The van der Waals surface area contributed by atoms with Crippen LogP contribution >= 0.6 is 0 Å². The highest BCUT2D eigenvalue weighted by atomic mass is 32.2. The highest BCUT2D eigenvalue weighted by Crippen LogP contribution is 2.15. The Bertz CT molecular complexity index is 509. The first-order valence-electron chi connectivity index (χ1n) is 5.69. The summed E-state index contributed by atoms with van der Waals surface area (Å²) < 4.78 is 33.3. The van der Waals surface area contributed by atoms with Crippen molar-refractivity contribution < 1.29 is 22.7 Å². The Labute approximate surface area is 106 Å². The molecule has 1 atom stereocenters. The van der Waals surface area contributed by atoms with Gasteiger partial charge >= 0.3 is 6.16 Å². The second kappa shape index (κ2) is 5.39. The molecular weight excluding hydrogens is 256 g/mol. The van der Waals surface area contributed by atoms with E-state index in [0.717, 1.165) is 0 Å². The maximum atomic E-state index is 11.9. The molecule has 1 aliphatic rings. The van der Waals surface area contributed by atoms with Crippen LogP contribution in [0.5, 0.6) is 0 Å². The maximum Gasteiger partial charge on any atom is 0.508 e. The molecule has 1 unspecified atom stereocenters. The van der Waals surface area contributed by atoms with Gasteiger partial charge in [0.2, 0.25) is 0 Å². The van der Waals surface area contributed by atoms with Gasteiger partial charge in [-0.15, -0.1) is 0 Å². The average molecular weight is 270 g/mol. The Morgan fingerprint density at radius 2 is 1.94 bits per heavy atom. The Morgan fingerprint density at radius 3 is 2.56 bits per heavy atom. The van der Waals surface area contributed by atoms with Gasteiger partial charge in [-0.3, -0.25) is 0 Å². The molecule has 1 aliphatic heterocycles. The molecule has 0 aliphatic carbocycles. The molecule has 0 radical (unpaired) electrons. The van der Waals surface area contributed by atoms with Crippen molar-refractivity contribution in [1.82, 2.24) is 0 Å². The Kier molecular flexibility index (Phi) is 3.86. The van der Waals surface area contributed by atoms with Crippen LogP contribution in [0.3, 0.4) is 0 Å². The van der Waals surface area contributed by atoms with Gasteiger partial charge < -0.3 is 9.47 Å². The predicted octanol–water partition coefficient (Wildman–Crippen LogP) is 1.78. The van der Waals surface area contributed by atoms with E-state index in [-0.39, 0.29) is 18.5 Å². The number of hydrogen-bond acceptors (Lipinski definition) is 5. The first-order chi connectivity index (χ1) is 8.58. The lowest BCUT2D eigenvalue weighted by atomic mass is 10.2. The molecule has 6 heteroatoms. The van der Waals surface area contributed by atoms with E-state index in [4.69, 9.17) is 4.74 Å². The standard InChI is InChI=1S/C12H14O5S/c13-12-16-9-10(17-12)5-4-8-18(14,15)11-6-2-1-3-7-11/h1-3,6-7,10H,4-5,8-9H2. The van der Waals surface area contributed by atoms with Gasteiger partial charge in [0.15, 0.2) is 9.84 Å². The lowest BCUT2D eigenvalue weighted by Gasteiger charge is -2.07. The van der Waals surface area contributed by atoms with Gasteiger partial charge in [0.25, 0.3) is 0 Å². The summed E-state index contributed by atoms with van der Waals surface area (Å²) in [6, 6.07) is 8.31. The number of carbonyl (C=O) groups excluding carboxylic acids is 1. The smallest absolute Gasteiger partial charge is 0.430 e. The molecule has 0 spiro atoms. The van der Waals surface area contributed by atoms with Crippen molar-refractivity contribution in [3.63, 3.8) is 0 Å². The number of carbonyl (C=O) groups is 1. The zero-order valence-electron chi connectivity index (χ0n) is 9.74. The third-order valence-electron chi connectivity index (χ3n) is 2.69. The maximum absolute atomic E-state index is 11.9. The van der Waals surface area contributed by atoms with Crippen molar-refractivity contribution in [2.45, 2.75) is 23.8 Å². The molecule has 1 aromatic rings. The molecular formula is C12H14O5S. The molecule has 98 valence electrons. The molecule has 1 fully saturated rings. The minimum atomic E-state index is -3.25. The molecule has 0 aromatic heterocycles. The van der Waals surface area contributed by atoms with Crippen molar-refractivity contribution >= 4 is 16.0 Å². The second-order valence-corrected chi connectivity index (χ2v) is 6.18. The van der Waals surface area contributed by atoms with Crippen LogP contribution < -0.4 is 0 Å². The van der Waals surface area contributed by atoms with Crippen molar-refractivity contribution in [3.8, 4) is 0 Å². The van der Waals surface area contributed by atoms with E-state index in [0.29, 0.717) is 17.7 Å². The monoisotopic (exact) mass is 270 g/mol. The molecule has 18 heavy (non-hydrogen) atoms. The SMILES string of the molecule is O=C1OCC(CCCS(=O)(=O)c2ccccc2)O1. The van der Waals surface area contributed by atoms with E-state index in [1.807, 2.05) is 0 Å². The van der Waals surface area contributed by atoms with Crippen LogP contribution in [-0.4, -0.2) is 33.0 Å². The molecule has 0 saturated carbocycles. The second-order valence-electron chi connectivity index (χ2n) is 4.08. The normalized spacial score (nSPS) is 19.3. The van der Waals surface area contributed by atoms with Gasteiger partial charge in [0.1, 0.15) is 12.7 Å². The van der Waals surface area contributed by atoms with Crippen molar-refractivity contribution in [2.24, 2.45) is 0 Å². The van der Waals surface area contributed by atoms with Crippen LogP contribution in [0.4, 0.5) is 4.79 Å². The summed E-state index contributed by atoms with van der Waals surface area (Å²) in [6.45, 7) is 0.213. The lowest BCUT2D eigenvalue weighted by Crippen LogP contribution is -2.13. The van der Waals surface area contributed by atoms with Crippen molar-refractivity contribution in [1.29, 1.82) is 0 Å². The van der Waals surface area contributed by atoms with E-state index >= 15 is 0 Å². The van der Waals surface area contributed by atoms with E-state index in [1.54, 1.807) is 30.3 Å². The molecule has 1 aromatic carbocycles. The Hall–Kier alpha value is -1.56. The average Bonchev–Trinajstić information content (AvgIpc) is 2.76. The first kappa shape index (κ1) is 12.9. The number of cyclic esters (lactones) is 2. The zero-order chi connectivity index (χ0) is 13.0. The lowest BCUT2D eigenvalue weighted by molar-refractivity contribution is 0.116. The predicted molar refractivity (Wildman–Crippen MR) is 63.9 cm³/mol. The van der Waals surface area contributed by atoms with Gasteiger partial charge in [-0.05, 0) is 25.0 Å². The van der Waals surface area contributed by atoms with Gasteiger partial charge in [0, 0.05) is 0 Å². The fraction of sp³-hybridized carbons (Fsp3) is 0.417. The van der Waals surface area contributed by atoms with Crippen LogP contribution in [0.2, 0.25) is 0 Å². The third kappa shape index (κ3) is 3.22.